The van der Waals surface area contributed by atoms with Crippen LogP contribution < -0.4 is 5.73 Å². The van der Waals surface area contributed by atoms with E-state index in [1.807, 2.05) is 0 Å². The second kappa shape index (κ2) is 4.05. The largest absolute Gasteiger partial charge is 0.387 e. The van der Waals surface area contributed by atoms with E-state index in [1.54, 1.807) is 6.92 Å². The molecule has 2 unspecified atom stereocenters. The van der Waals surface area contributed by atoms with Crippen LogP contribution in [0, 0.1) is 5.82 Å². The van der Waals surface area contributed by atoms with E-state index < -0.39 is 18.0 Å². The van der Waals surface area contributed by atoms with Crippen molar-refractivity contribution >= 4 is 11.6 Å². The van der Waals surface area contributed by atoms with Crippen molar-refractivity contribution in [3.05, 3.63) is 34.6 Å². The summed E-state index contributed by atoms with van der Waals surface area (Å²) in [6.07, 6.45) is -0.989. The molecule has 0 amide bonds. The molecule has 0 spiro atoms. The quantitative estimate of drug-likeness (QED) is 0.771. The molecular formula is C9H11ClFNO. The first-order chi connectivity index (χ1) is 6.02. The topological polar surface area (TPSA) is 46.2 Å². The van der Waals surface area contributed by atoms with E-state index in [-0.39, 0.29) is 5.56 Å². The minimum Gasteiger partial charge on any atom is -0.387 e. The number of aliphatic hydroxyl groups is 1. The van der Waals surface area contributed by atoms with E-state index in [9.17, 15) is 9.50 Å². The maximum atomic E-state index is 13.2. The van der Waals surface area contributed by atoms with Crippen molar-refractivity contribution in [1.82, 2.24) is 0 Å². The van der Waals surface area contributed by atoms with E-state index in [4.69, 9.17) is 17.3 Å². The van der Waals surface area contributed by atoms with E-state index in [0.717, 1.165) is 6.07 Å². The Morgan fingerprint density at radius 3 is 2.62 bits per heavy atom. The second-order valence-electron chi connectivity index (χ2n) is 2.97. The standard InChI is InChI=1S/C9H11ClFNO/c1-5(12)9(13)7-3-2-6(10)4-8(7)11/h2-5,9,13H,12H2,1H3. The smallest absolute Gasteiger partial charge is 0.130 e. The predicted octanol–water partition coefficient (Wildman–Crippen LogP) is 1.86. The summed E-state index contributed by atoms with van der Waals surface area (Å²) < 4.78 is 13.2. The van der Waals surface area contributed by atoms with Gasteiger partial charge in [0.05, 0.1) is 6.10 Å². The fourth-order valence-electron chi connectivity index (χ4n) is 1.02. The van der Waals surface area contributed by atoms with Crippen molar-refractivity contribution in [2.24, 2.45) is 5.73 Å². The molecule has 72 valence electrons. The van der Waals surface area contributed by atoms with Gasteiger partial charge in [0, 0.05) is 16.6 Å². The van der Waals surface area contributed by atoms with E-state index >= 15 is 0 Å². The van der Waals surface area contributed by atoms with Gasteiger partial charge in [0.15, 0.2) is 0 Å². The molecule has 0 radical (unpaired) electrons. The lowest BCUT2D eigenvalue weighted by Crippen LogP contribution is -2.25. The number of nitrogens with two attached hydrogens (primary N) is 1. The Hall–Kier alpha value is -0.640. The first-order valence-corrected chi connectivity index (χ1v) is 4.28. The Labute approximate surface area is 81.1 Å². The third kappa shape index (κ3) is 2.40. The monoisotopic (exact) mass is 203 g/mol. The molecule has 0 fully saturated rings. The third-order valence-electron chi connectivity index (χ3n) is 1.78. The Balaban J connectivity index is 3.01. The number of hydrogen-bond acceptors (Lipinski definition) is 2. The van der Waals surface area contributed by atoms with Gasteiger partial charge in [0.25, 0.3) is 0 Å². The molecule has 4 heteroatoms. The van der Waals surface area contributed by atoms with E-state index in [2.05, 4.69) is 0 Å². The van der Waals surface area contributed by atoms with Crippen LogP contribution in [0.25, 0.3) is 0 Å². The molecule has 0 aliphatic rings. The molecule has 1 rings (SSSR count). The van der Waals surface area contributed by atoms with Crippen LogP contribution >= 0.6 is 11.6 Å². The van der Waals surface area contributed by atoms with Crippen molar-refractivity contribution in [2.75, 3.05) is 0 Å². The lowest BCUT2D eigenvalue weighted by atomic mass is 10.0. The van der Waals surface area contributed by atoms with Crippen molar-refractivity contribution in [3.8, 4) is 0 Å². The third-order valence-corrected chi connectivity index (χ3v) is 2.01. The number of rotatable bonds is 2. The first-order valence-electron chi connectivity index (χ1n) is 3.91. The predicted molar refractivity (Wildman–Crippen MR) is 50.0 cm³/mol. The molecule has 13 heavy (non-hydrogen) atoms. The Bertz CT molecular complexity index is 304. The fourth-order valence-corrected chi connectivity index (χ4v) is 1.18. The summed E-state index contributed by atoms with van der Waals surface area (Å²) in [5.41, 5.74) is 5.61. The first kappa shape index (κ1) is 10.4. The highest BCUT2D eigenvalue weighted by Gasteiger charge is 2.16. The van der Waals surface area contributed by atoms with Gasteiger partial charge in [-0.25, -0.2) is 4.39 Å². The van der Waals surface area contributed by atoms with Crippen LogP contribution in [0.1, 0.15) is 18.6 Å². The molecule has 0 aliphatic carbocycles. The maximum absolute atomic E-state index is 13.2. The maximum Gasteiger partial charge on any atom is 0.130 e. The van der Waals surface area contributed by atoms with E-state index in [0.29, 0.717) is 5.02 Å². The lowest BCUT2D eigenvalue weighted by Gasteiger charge is -2.15. The van der Waals surface area contributed by atoms with Crippen LogP contribution in [0.4, 0.5) is 4.39 Å². The van der Waals surface area contributed by atoms with Crippen molar-refractivity contribution in [1.29, 1.82) is 0 Å². The van der Waals surface area contributed by atoms with Gasteiger partial charge in [-0.1, -0.05) is 17.7 Å². The van der Waals surface area contributed by atoms with Crippen molar-refractivity contribution in [3.63, 3.8) is 0 Å². The van der Waals surface area contributed by atoms with Gasteiger partial charge in [-0.2, -0.15) is 0 Å². The van der Waals surface area contributed by atoms with Crippen LogP contribution in [-0.2, 0) is 0 Å². The molecule has 0 saturated carbocycles. The molecule has 2 atom stereocenters. The van der Waals surface area contributed by atoms with Crippen LogP contribution in [0.15, 0.2) is 18.2 Å². The Morgan fingerprint density at radius 1 is 1.54 bits per heavy atom. The molecule has 0 aromatic heterocycles. The molecule has 0 saturated heterocycles. The van der Waals surface area contributed by atoms with Gasteiger partial charge in [-0.05, 0) is 19.1 Å². The zero-order chi connectivity index (χ0) is 10.0. The summed E-state index contributed by atoms with van der Waals surface area (Å²) in [4.78, 5) is 0. The Morgan fingerprint density at radius 2 is 2.15 bits per heavy atom. The summed E-state index contributed by atoms with van der Waals surface area (Å²) in [5.74, 6) is -0.530. The zero-order valence-electron chi connectivity index (χ0n) is 7.17. The average Bonchev–Trinajstić information content (AvgIpc) is 2.03. The molecule has 0 aliphatic heterocycles. The molecular weight excluding hydrogens is 193 g/mol. The summed E-state index contributed by atoms with van der Waals surface area (Å²) >= 11 is 5.55. The van der Waals surface area contributed by atoms with Crippen LogP contribution in [-0.4, -0.2) is 11.1 Å². The molecule has 1 aromatic carbocycles. The highest BCUT2D eigenvalue weighted by Crippen LogP contribution is 2.22. The van der Waals surface area contributed by atoms with Gasteiger partial charge in [0.1, 0.15) is 5.82 Å². The minimum absolute atomic E-state index is 0.180. The summed E-state index contributed by atoms with van der Waals surface area (Å²) in [7, 11) is 0. The number of halogens is 2. The van der Waals surface area contributed by atoms with Gasteiger partial charge < -0.3 is 10.8 Å². The van der Waals surface area contributed by atoms with Gasteiger partial charge >= 0.3 is 0 Å². The second-order valence-corrected chi connectivity index (χ2v) is 3.41. The van der Waals surface area contributed by atoms with Crippen LogP contribution in [0.2, 0.25) is 5.02 Å². The molecule has 0 bridgehead atoms. The number of hydrogen-bond donors (Lipinski definition) is 2. The van der Waals surface area contributed by atoms with Crippen molar-refractivity contribution < 1.29 is 9.50 Å². The molecule has 3 N–H and O–H groups in total. The molecule has 0 heterocycles. The summed E-state index contributed by atoms with van der Waals surface area (Å²) in [6, 6.07) is 3.61. The fraction of sp³-hybridized carbons (Fsp3) is 0.333. The highest BCUT2D eigenvalue weighted by atomic mass is 35.5. The number of aliphatic hydroxyl groups excluding tert-OH is 1. The molecule has 2 nitrogen and oxygen atoms in total. The van der Waals surface area contributed by atoms with Crippen molar-refractivity contribution in [2.45, 2.75) is 19.1 Å². The van der Waals surface area contributed by atoms with Gasteiger partial charge in [-0.15, -0.1) is 0 Å². The SMILES string of the molecule is CC(N)C(O)c1ccc(Cl)cc1F. The number of benzene rings is 1. The summed E-state index contributed by atoms with van der Waals surface area (Å²) in [6.45, 7) is 1.61. The van der Waals surface area contributed by atoms with Crippen LogP contribution in [0.3, 0.4) is 0 Å². The lowest BCUT2D eigenvalue weighted by molar-refractivity contribution is 0.149. The van der Waals surface area contributed by atoms with Gasteiger partial charge in [-0.3, -0.25) is 0 Å². The normalized spacial score (nSPS) is 15.5. The minimum atomic E-state index is -0.989. The molecule has 1 aromatic rings. The van der Waals surface area contributed by atoms with Gasteiger partial charge in [0.2, 0.25) is 0 Å². The Kier molecular flexibility index (Phi) is 3.25. The van der Waals surface area contributed by atoms with Crippen LogP contribution in [0.5, 0.6) is 0 Å². The average molecular weight is 204 g/mol. The van der Waals surface area contributed by atoms with E-state index in [1.165, 1.54) is 12.1 Å². The highest BCUT2D eigenvalue weighted by molar-refractivity contribution is 6.30. The zero-order valence-corrected chi connectivity index (χ0v) is 7.92. The summed E-state index contributed by atoms with van der Waals surface area (Å²) in [5, 5.41) is 9.77.